The quantitative estimate of drug-likeness (QED) is 0.712. The fourth-order valence-corrected chi connectivity index (χ4v) is 2.74. The number of methoxy groups -OCH3 is 2. The molecule has 0 saturated carbocycles. The molecule has 0 radical (unpaired) electrons. The van der Waals surface area contributed by atoms with Crippen molar-refractivity contribution in [1.29, 1.82) is 0 Å². The van der Waals surface area contributed by atoms with Crippen LogP contribution in [0.25, 0.3) is 5.69 Å². The molecule has 0 saturated heterocycles. The van der Waals surface area contributed by atoms with E-state index in [1.54, 1.807) is 13.2 Å². The Labute approximate surface area is 162 Å². The Hall–Kier alpha value is -3.61. The number of rotatable bonds is 6. The van der Waals surface area contributed by atoms with Crippen LogP contribution in [0.4, 0.5) is 0 Å². The molecule has 144 valence electrons. The van der Waals surface area contributed by atoms with Gasteiger partial charge in [0.15, 0.2) is 11.4 Å². The number of carbonyl (C=O) groups is 1. The summed E-state index contributed by atoms with van der Waals surface area (Å²) in [5.74, 6) is 0.431. The van der Waals surface area contributed by atoms with E-state index in [2.05, 4.69) is 10.4 Å². The second kappa shape index (κ2) is 8.39. The van der Waals surface area contributed by atoms with Gasteiger partial charge >= 0.3 is 0 Å². The van der Waals surface area contributed by atoms with Crippen LogP contribution in [0, 0.1) is 6.92 Å². The van der Waals surface area contributed by atoms with Gasteiger partial charge in [0.25, 0.3) is 11.5 Å². The Bertz CT molecular complexity index is 1040. The minimum absolute atomic E-state index is 0.0406. The molecule has 28 heavy (non-hydrogen) atoms. The second-order valence-electron chi connectivity index (χ2n) is 6.13. The van der Waals surface area contributed by atoms with Gasteiger partial charge in [0, 0.05) is 6.54 Å². The van der Waals surface area contributed by atoms with Crippen molar-refractivity contribution < 1.29 is 14.3 Å². The lowest BCUT2D eigenvalue weighted by Gasteiger charge is -2.13. The maximum absolute atomic E-state index is 12.7. The van der Waals surface area contributed by atoms with Crippen LogP contribution in [-0.2, 0) is 6.54 Å². The summed E-state index contributed by atoms with van der Waals surface area (Å²) in [6, 6.07) is 15.9. The Morgan fingerprint density at radius 1 is 1.07 bits per heavy atom. The van der Waals surface area contributed by atoms with Gasteiger partial charge in [-0.1, -0.05) is 30.3 Å². The normalized spacial score (nSPS) is 10.4. The number of nitrogens with one attached hydrogen (secondary N) is 1. The van der Waals surface area contributed by atoms with Gasteiger partial charge in [-0.25, -0.2) is 0 Å². The van der Waals surface area contributed by atoms with Crippen molar-refractivity contribution >= 4 is 5.91 Å². The first-order chi connectivity index (χ1) is 13.5. The van der Waals surface area contributed by atoms with Crippen LogP contribution in [0.5, 0.6) is 11.5 Å². The largest absolute Gasteiger partial charge is 0.497 e. The number of hydrogen-bond acceptors (Lipinski definition) is 5. The SMILES string of the molecule is COc1ccc(CNC(=O)c2nn(-c3ccccc3C)c(=O)cc2OC)cc1. The van der Waals surface area contributed by atoms with E-state index in [9.17, 15) is 9.59 Å². The highest BCUT2D eigenvalue weighted by Gasteiger charge is 2.18. The van der Waals surface area contributed by atoms with Crippen molar-refractivity contribution in [3.8, 4) is 17.2 Å². The molecule has 0 aliphatic heterocycles. The van der Waals surface area contributed by atoms with Crippen LogP contribution in [-0.4, -0.2) is 29.9 Å². The molecule has 0 bridgehead atoms. The molecule has 3 rings (SSSR count). The molecule has 1 heterocycles. The maximum atomic E-state index is 12.7. The number of hydrogen-bond donors (Lipinski definition) is 1. The van der Waals surface area contributed by atoms with Crippen LogP contribution in [0.15, 0.2) is 59.4 Å². The summed E-state index contributed by atoms with van der Waals surface area (Å²) in [6.07, 6.45) is 0. The minimum Gasteiger partial charge on any atom is -0.497 e. The third-order valence-corrected chi connectivity index (χ3v) is 4.29. The summed E-state index contributed by atoms with van der Waals surface area (Å²) in [4.78, 5) is 25.1. The standard InChI is InChI=1S/C21H21N3O4/c1-14-6-4-5-7-17(14)24-19(25)12-18(28-3)20(23-24)21(26)22-13-15-8-10-16(27-2)11-9-15/h4-12H,13H2,1-3H3,(H,22,26). The topological polar surface area (TPSA) is 82.5 Å². The molecule has 0 atom stereocenters. The number of carbonyl (C=O) groups excluding carboxylic acids is 1. The molecular weight excluding hydrogens is 358 g/mol. The van der Waals surface area contributed by atoms with E-state index >= 15 is 0 Å². The predicted octanol–water partition coefficient (Wildman–Crippen LogP) is 2.49. The predicted molar refractivity (Wildman–Crippen MR) is 105 cm³/mol. The molecule has 0 aliphatic carbocycles. The summed E-state index contributed by atoms with van der Waals surface area (Å²) in [5.41, 5.74) is 2.04. The second-order valence-corrected chi connectivity index (χ2v) is 6.13. The van der Waals surface area contributed by atoms with Crippen molar-refractivity contribution in [3.63, 3.8) is 0 Å². The maximum Gasteiger partial charge on any atom is 0.275 e. The molecule has 1 N–H and O–H groups in total. The lowest BCUT2D eigenvalue weighted by molar-refractivity contribution is 0.0940. The molecule has 1 amide bonds. The summed E-state index contributed by atoms with van der Waals surface area (Å²) in [5, 5.41) is 7.06. The van der Waals surface area contributed by atoms with Gasteiger partial charge in [0.1, 0.15) is 5.75 Å². The third kappa shape index (κ3) is 4.03. The molecule has 0 fully saturated rings. The zero-order valence-corrected chi connectivity index (χ0v) is 15.9. The summed E-state index contributed by atoms with van der Waals surface area (Å²) < 4.78 is 11.5. The average Bonchev–Trinajstić information content (AvgIpc) is 2.72. The molecule has 0 unspecified atom stereocenters. The fourth-order valence-electron chi connectivity index (χ4n) is 2.74. The molecule has 3 aromatic rings. The van der Waals surface area contributed by atoms with Crippen molar-refractivity contribution in [2.45, 2.75) is 13.5 Å². The number of para-hydroxylation sites is 1. The molecule has 1 aromatic heterocycles. The minimum atomic E-state index is -0.435. The fraction of sp³-hybridized carbons (Fsp3) is 0.190. The Kier molecular flexibility index (Phi) is 5.74. The van der Waals surface area contributed by atoms with E-state index in [1.807, 2.05) is 49.4 Å². The van der Waals surface area contributed by atoms with Crippen LogP contribution >= 0.6 is 0 Å². The van der Waals surface area contributed by atoms with Crippen molar-refractivity contribution in [2.24, 2.45) is 0 Å². The first-order valence-corrected chi connectivity index (χ1v) is 8.69. The number of aromatic nitrogens is 2. The Morgan fingerprint density at radius 3 is 2.43 bits per heavy atom. The van der Waals surface area contributed by atoms with Gasteiger partial charge in [-0.2, -0.15) is 9.78 Å². The number of nitrogens with zero attached hydrogens (tertiary/aromatic N) is 2. The molecule has 7 heteroatoms. The first kappa shape index (κ1) is 19.2. The average molecular weight is 379 g/mol. The molecule has 7 nitrogen and oxygen atoms in total. The summed E-state index contributed by atoms with van der Waals surface area (Å²) >= 11 is 0. The summed E-state index contributed by atoms with van der Waals surface area (Å²) in [6.45, 7) is 2.17. The van der Waals surface area contributed by atoms with Gasteiger partial charge in [-0.3, -0.25) is 9.59 Å². The van der Waals surface area contributed by atoms with Crippen LogP contribution in [0.1, 0.15) is 21.6 Å². The highest BCUT2D eigenvalue weighted by molar-refractivity contribution is 5.94. The van der Waals surface area contributed by atoms with Gasteiger partial charge in [-0.15, -0.1) is 0 Å². The Balaban J connectivity index is 1.89. The molecule has 0 spiro atoms. The highest BCUT2D eigenvalue weighted by Crippen LogP contribution is 2.16. The van der Waals surface area contributed by atoms with E-state index in [0.717, 1.165) is 16.9 Å². The van der Waals surface area contributed by atoms with E-state index in [0.29, 0.717) is 12.2 Å². The zero-order chi connectivity index (χ0) is 20.1. The Morgan fingerprint density at radius 2 is 1.79 bits per heavy atom. The third-order valence-electron chi connectivity index (χ3n) is 4.29. The van der Waals surface area contributed by atoms with Gasteiger partial charge < -0.3 is 14.8 Å². The van der Waals surface area contributed by atoms with E-state index in [-0.39, 0.29) is 17.0 Å². The van der Waals surface area contributed by atoms with Crippen LogP contribution in [0.3, 0.4) is 0 Å². The summed E-state index contributed by atoms with van der Waals surface area (Å²) in [7, 11) is 2.99. The lowest BCUT2D eigenvalue weighted by atomic mass is 10.2. The number of aryl methyl sites for hydroxylation is 1. The van der Waals surface area contributed by atoms with Crippen LogP contribution < -0.4 is 20.3 Å². The van der Waals surface area contributed by atoms with Gasteiger partial charge in [-0.05, 0) is 36.2 Å². The van der Waals surface area contributed by atoms with Gasteiger partial charge in [0.2, 0.25) is 0 Å². The monoisotopic (exact) mass is 379 g/mol. The van der Waals surface area contributed by atoms with E-state index < -0.39 is 5.91 Å². The van der Waals surface area contributed by atoms with Crippen molar-refractivity contribution in [2.75, 3.05) is 14.2 Å². The van der Waals surface area contributed by atoms with Crippen molar-refractivity contribution in [1.82, 2.24) is 15.1 Å². The molecule has 0 aliphatic rings. The molecule has 2 aromatic carbocycles. The number of ether oxygens (including phenoxy) is 2. The van der Waals surface area contributed by atoms with Crippen molar-refractivity contribution in [3.05, 3.63) is 81.8 Å². The smallest absolute Gasteiger partial charge is 0.275 e. The zero-order valence-electron chi connectivity index (χ0n) is 15.9. The lowest BCUT2D eigenvalue weighted by Crippen LogP contribution is -2.30. The number of amides is 1. The van der Waals surface area contributed by atoms with Gasteiger partial charge in [0.05, 0.1) is 26.0 Å². The van der Waals surface area contributed by atoms with E-state index in [4.69, 9.17) is 9.47 Å². The first-order valence-electron chi connectivity index (χ1n) is 8.69. The van der Waals surface area contributed by atoms with Crippen LogP contribution in [0.2, 0.25) is 0 Å². The molecular formula is C21H21N3O4. The highest BCUT2D eigenvalue weighted by atomic mass is 16.5. The van der Waals surface area contributed by atoms with E-state index in [1.165, 1.54) is 17.9 Å². The number of benzene rings is 2.